The molecule has 0 saturated heterocycles. The highest BCUT2D eigenvalue weighted by atomic mass is 35.5. The molecule has 0 bridgehead atoms. The second-order valence-electron chi connectivity index (χ2n) is 6.86. The highest BCUT2D eigenvalue weighted by Crippen LogP contribution is 2.24. The molecule has 1 atom stereocenters. The van der Waals surface area contributed by atoms with Crippen LogP contribution < -0.4 is 5.32 Å². The van der Waals surface area contributed by atoms with Crippen molar-refractivity contribution in [3.05, 3.63) is 86.6 Å². The lowest BCUT2D eigenvalue weighted by molar-refractivity contribution is -0.389. The van der Waals surface area contributed by atoms with Gasteiger partial charge in [0.1, 0.15) is 0 Å². The molecule has 1 heterocycles. The normalized spacial score (nSPS) is 11.7. The van der Waals surface area contributed by atoms with Gasteiger partial charge in [-0.05, 0) is 30.0 Å². The largest absolute Gasteiger partial charge is 0.390 e. The third-order valence-electron chi connectivity index (χ3n) is 4.57. The Labute approximate surface area is 177 Å². The van der Waals surface area contributed by atoms with Gasteiger partial charge in [-0.2, -0.15) is 4.68 Å². The fraction of sp³-hybridized carbons (Fsp3) is 0.190. The Morgan fingerprint density at radius 1 is 1.20 bits per heavy atom. The molecule has 0 spiro atoms. The Morgan fingerprint density at radius 2 is 1.90 bits per heavy atom. The summed E-state index contributed by atoms with van der Waals surface area (Å²) in [7, 11) is 0. The zero-order chi connectivity index (χ0) is 21.8. The number of benzene rings is 2. The molecule has 1 N–H and O–H groups in total. The molecule has 30 heavy (non-hydrogen) atoms. The SMILES string of the molecule is Cc1cc([N+](=O)[O-])nn1CC(C)C(=O)Nc1ccc(Cl)cc1C(=O)c1ccccc1. The monoisotopic (exact) mass is 426 g/mol. The summed E-state index contributed by atoms with van der Waals surface area (Å²) in [5, 5.41) is 17.9. The molecule has 0 radical (unpaired) electrons. The number of aryl methyl sites for hydroxylation is 1. The van der Waals surface area contributed by atoms with Crippen LogP contribution in [0.15, 0.2) is 54.6 Å². The smallest absolute Gasteiger partial charge is 0.358 e. The van der Waals surface area contributed by atoms with Crippen molar-refractivity contribution >= 4 is 34.8 Å². The van der Waals surface area contributed by atoms with Gasteiger partial charge in [-0.1, -0.05) is 48.9 Å². The van der Waals surface area contributed by atoms with E-state index in [2.05, 4.69) is 10.4 Å². The van der Waals surface area contributed by atoms with Crippen molar-refractivity contribution in [3.8, 4) is 0 Å². The minimum atomic E-state index is -0.580. The number of carbonyl (C=O) groups is 2. The van der Waals surface area contributed by atoms with Crippen LogP contribution in [-0.4, -0.2) is 26.4 Å². The first-order valence-electron chi connectivity index (χ1n) is 9.15. The molecule has 1 aromatic heterocycles. The summed E-state index contributed by atoms with van der Waals surface area (Å²) in [6.45, 7) is 3.51. The highest BCUT2D eigenvalue weighted by Gasteiger charge is 2.22. The summed E-state index contributed by atoms with van der Waals surface area (Å²) in [5.41, 5.74) is 1.67. The lowest BCUT2D eigenvalue weighted by Gasteiger charge is -2.15. The van der Waals surface area contributed by atoms with Gasteiger partial charge >= 0.3 is 5.82 Å². The number of nitrogens with one attached hydrogen (secondary N) is 1. The van der Waals surface area contributed by atoms with Crippen molar-refractivity contribution in [2.75, 3.05) is 5.32 Å². The van der Waals surface area contributed by atoms with Crippen LogP contribution in [0.3, 0.4) is 0 Å². The van der Waals surface area contributed by atoms with Gasteiger partial charge in [0.2, 0.25) is 5.91 Å². The number of ketones is 1. The second kappa shape index (κ2) is 8.87. The van der Waals surface area contributed by atoms with Gasteiger partial charge in [0, 0.05) is 16.1 Å². The first-order chi connectivity index (χ1) is 14.3. The number of nitrogens with zero attached hydrogens (tertiary/aromatic N) is 3. The summed E-state index contributed by atoms with van der Waals surface area (Å²) in [6, 6.07) is 14.7. The minimum absolute atomic E-state index is 0.154. The standard InChI is InChI=1S/C21H19ClN4O4/c1-13(12-25-14(2)10-19(24-25)26(29)30)21(28)23-18-9-8-16(22)11-17(18)20(27)15-6-4-3-5-7-15/h3-11,13H,12H2,1-2H3,(H,23,28). The number of hydrogen-bond donors (Lipinski definition) is 1. The minimum Gasteiger partial charge on any atom is -0.358 e. The third kappa shape index (κ3) is 4.72. The summed E-state index contributed by atoms with van der Waals surface area (Å²) in [6.07, 6.45) is 0. The van der Waals surface area contributed by atoms with Gasteiger partial charge in [0.25, 0.3) is 0 Å². The highest BCUT2D eigenvalue weighted by molar-refractivity contribution is 6.31. The number of hydrogen-bond acceptors (Lipinski definition) is 5. The van der Waals surface area contributed by atoms with Crippen LogP contribution in [0.1, 0.15) is 28.5 Å². The van der Waals surface area contributed by atoms with Crippen molar-refractivity contribution in [2.24, 2.45) is 5.92 Å². The fourth-order valence-corrected chi connectivity index (χ4v) is 3.10. The Kier molecular flexibility index (Phi) is 6.27. The van der Waals surface area contributed by atoms with Crippen molar-refractivity contribution in [1.82, 2.24) is 9.78 Å². The van der Waals surface area contributed by atoms with E-state index in [9.17, 15) is 19.7 Å². The van der Waals surface area contributed by atoms with Crippen LogP contribution >= 0.6 is 11.6 Å². The molecule has 1 amide bonds. The van der Waals surface area contributed by atoms with Crippen molar-refractivity contribution in [2.45, 2.75) is 20.4 Å². The number of amides is 1. The molecule has 0 aliphatic heterocycles. The van der Waals surface area contributed by atoms with E-state index in [0.717, 1.165) is 0 Å². The molecule has 3 aromatic rings. The molecule has 0 aliphatic carbocycles. The van der Waals surface area contributed by atoms with Gasteiger partial charge in [-0.15, -0.1) is 0 Å². The summed E-state index contributed by atoms with van der Waals surface area (Å²) in [4.78, 5) is 35.9. The predicted octanol–water partition coefficient (Wildman–Crippen LogP) is 4.26. The van der Waals surface area contributed by atoms with Gasteiger partial charge in [0.15, 0.2) is 5.78 Å². The maximum absolute atomic E-state index is 12.9. The maximum Gasteiger partial charge on any atom is 0.390 e. The van der Waals surface area contributed by atoms with Gasteiger partial charge in [-0.25, -0.2) is 0 Å². The van der Waals surface area contributed by atoms with Gasteiger partial charge < -0.3 is 15.4 Å². The molecular weight excluding hydrogens is 408 g/mol. The van der Waals surface area contributed by atoms with Crippen LogP contribution in [0.25, 0.3) is 0 Å². The zero-order valence-corrected chi connectivity index (χ0v) is 17.1. The van der Waals surface area contributed by atoms with E-state index in [0.29, 0.717) is 22.0 Å². The van der Waals surface area contributed by atoms with Crippen molar-refractivity contribution in [3.63, 3.8) is 0 Å². The van der Waals surface area contributed by atoms with Crippen LogP contribution in [0.2, 0.25) is 5.02 Å². The lowest BCUT2D eigenvalue weighted by atomic mass is 10.0. The molecule has 0 saturated carbocycles. The van der Waals surface area contributed by atoms with Crippen LogP contribution in [-0.2, 0) is 11.3 Å². The van der Waals surface area contributed by atoms with Gasteiger partial charge in [-0.3, -0.25) is 9.59 Å². The molecule has 0 fully saturated rings. The quantitative estimate of drug-likeness (QED) is 0.345. The zero-order valence-electron chi connectivity index (χ0n) is 16.3. The average Bonchev–Trinajstić information content (AvgIpc) is 3.10. The fourth-order valence-electron chi connectivity index (χ4n) is 2.92. The number of carbonyl (C=O) groups excluding carboxylic acids is 2. The Morgan fingerprint density at radius 3 is 2.53 bits per heavy atom. The van der Waals surface area contributed by atoms with Crippen LogP contribution in [0.4, 0.5) is 11.5 Å². The first-order valence-corrected chi connectivity index (χ1v) is 9.53. The predicted molar refractivity (Wildman–Crippen MR) is 113 cm³/mol. The number of aromatic nitrogens is 2. The number of rotatable bonds is 7. The number of halogens is 1. The average molecular weight is 427 g/mol. The lowest BCUT2D eigenvalue weighted by Crippen LogP contribution is -2.26. The van der Waals surface area contributed by atoms with E-state index in [1.807, 2.05) is 0 Å². The molecule has 2 aromatic carbocycles. The number of anilines is 1. The molecule has 154 valence electrons. The van der Waals surface area contributed by atoms with Gasteiger partial charge in [0.05, 0.1) is 35.0 Å². The van der Waals surface area contributed by atoms with E-state index < -0.39 is 10.8 Å². The molecule has 1 unspecified atom stereocenters. The molecule has 9 heteroatoms. The van der Waals surface area contributed by atoms with Crippen molar-refractivity contribution < 1.29 is 14.5 Å². The van der Waals surface area contributed by atoms with E-state index in [4.69, 9.17) is 11.6 Å². The van der Waals surface area contributed by atoms with E-state index in [1.54, 1.807) is 56.3 Å². The number of nitro groups is 1. The molecule has 0 aliphatic rings. The maximum atomic E-state index is 12.9. The topological polar surface area (TPSA) is 107 Å². The molecule has 3 rings (SSSR count). The first kappa shape index (κ1) is 21.2. The molecule has 8 nitrogen and oxygen atoms in total. The summed E-state index contributed by atoms with van der Waals surface area (Å²) >= 11 is 6.07. The Balaban J connectivity index is 1.79. The van der Waals surface area contributed by atoms with Crippen LogP contribution in [0.5, 0.6) is 0 Å². The van der Waals surface area contributed by atoms with E-state index in [-0.39, 0.29) is 29.6 Å². The van der Waals surface area contributed by atoms with E-state index in [1.165, 1.54) is 16.8 Å². The van der Waals surface area contributed by atoms with Crippen LogP contribution in [0, 0.1) is 23.0 Å². The summed E-state index contributed by atoms with van der Waals surface area (Å²) in [5.74, 6) is -1.44. The van der Waals surface area contributed by atoms with E-state index >= 15 is 0 Å². The third-order valence-corrected chi connectivity index (χ3v) is 4.80. The van der Waals surface area contributed by atoms with Crippen molar-refractivity contribution in [1.29, 1.82) is 0 Å². The second-order valence-corrected chi connectivity index (χ2v) is 7.29. The Bertz CT molecular complexity index is 1110. The summed E-state index contributed by atoms with van der Waals surface area (Å²) < 4.78 is 1.42. The molecular formula is C21H19ClN4O4. The Hall–Kier alpha value is -3.52.